The standard InChI is InChI=1S/C23H26ClN3O5S/c24-18-6-8-21(20(14-18)23(25)29)32-15-22(28)26-9-11-27(12-10-26)33(30,31)19-7-5-16-3-1-2-4-17(16)13-19/h5-8,13-14H,1-4,9-12,15H2,(H2,25,29). The fourth-order valence-corrected chi connectivity index (χ4v) is 5.89. The molecule has 33 heavy (non-hydrogen) atoms. The molecule has 2 amide bonds. The fraction of sp³-hybridized carbons (Fsp3) is 0.391. The predicted molar refractivity (Wildman–Crippen MR) is 124 cm³/mol. The van der Waals surface area contributed by atoms with Crippen molar-refractivity contribution in [3.05, 3.63) is 58.1 Å². The van der Waals surface area contributed by atoms with Crippen molar-refractivity contribution in [3.63, 3.8) is 0 Å². The summed E-state index contributed by atoms with van der Waals surface area (Å²) < 4.78 is 33.2. The van der Waals surface area contributed by atoms with Gasteiger partial charge in [-0.05, 0) is 67.1 Å². The van der Waals surface area contributed by atoms with Crippen LogP contribution in [-0.4, -0.2) is 62.2 Å². The minimum Gasteiger partial charge on any atom is -0.483 e. The van der Waals surface area contributed by atoms with Crippen LogP contribution >= 0.6 is 11.6 Å². The van der Waals surface area contributed by atoms with Gasteiger partial charge in [0, 0.05) is 31.2 Å². The van der Waals surface area contributed by atoms with Crippen LogP contribution in [0.3, 0.4) is 0 Å². The largest absolute Gasteiger partial charge is 0.483 e. The zero-order chi connectivity index (χ0) is 23.6. The van der Waals surface area contributed by atoms with E-state index in [2.05, 4.69) is 0 Å². The van der Waals surface area contributed by atoms with Crippen molar-refractivity contribution in [3.8, 4) is 5.75 Å². The Kier molecular flexibility index (Phi) is 6.92. The number of benzene rings is 2. The summed E-state index contributed by atoms with van der Waals surface area (Å²) in [6.07, 6.45) is 4.12. The van der Waals surface area contributed by atoms with Crippen LogP contribution in [0.25, 0.3) is 0 Å². The monoisotopic (exact) mass is 491 g/mol. The molecule has 2 aromatic rings. The number of sulfonamides is 1. The molecule has 176 valence electrons. The first-order chi connectivity index (χ1) is 15.8. The molecule has 1 fully saturated rings. The molecule has 2 N–H and O–H groups in total. The Labute approximate surface area is 198 Å². The van der Waals surface area contributed by atoms with E-state index in [-0.39, 0.29) is 50.0 Å². The Bertz CT molecular complexity index is 1180. The van der Waals surface area contributed by atoms with Crippen molar-refractivity contribution in [2.45, 2.75) is 30.6 Å². The maximum absolute atomic E-state index is 13.1. The number of ether oxygens (including phenoxy) is 1. The average molecular weight is 492 g/mol. The van der Waals surface area contributed by atoms with Crippen LogP contribution < -0.4 is 10.5 Å². The summed E-state index contributed by atoms with van der Waals surface area (Å²) in [7, 11) is -3.62. The van der Waals surface area contributed by atoms with E-state index in [1.165, 1.54) is 28.1 Å². The number of amides is 2. The first-order valence-electron chi connectivity index (χ1n) is 10.9. The number of halogens is 1. The molecular weight excluding hydrogens is 466 g/mol. The molecule has 0 saturated carbocycles. The number of piperazine rings is 1. The van der Waals surface area contributed by atoms with E-state index in [9.17, 15) is 18.0 Å². The van der Waals surface area contributed by atoms with Crippen LogP contribution in [0.1, 0.15) is 34.3 Å². The van der Waals surface area contributed by atoms with Gasteiger partial charge in [0.1, 0.15) is 5.75 Å². The van der Waals surface area contributed by atoms with Crippen molar-refractivity contribution in [2.75, 3.05) is 32.8 Å². The van der Waals surface area contributed by atoms with Crippen LogP contribution in [0, 0.1) is 0 Å². The molecular formula is C23H26ClN3O5S. The molecule has 10 heteroatoms. The number of nitrogens with zero attached hydrogens (tertiary/aromatic N) is 2. The molecule has 0 spiro atoms. The van der Waals surface area contributed by atoms with Crippen molar-refractivity contribution in [2.24, 2.45) is 5.73 Å². The lowest BCUT2D eigenvalue weighted by Gasteiger charge is -2.34. The number of primary amides is 1. The molecule has 0 bridgehead atoms. The first kappa shape index (κ1) is 23.5. The average Bonchev–Trinajstić information content (AvgIpc) is 2.82. The number of hydrogen-bond donors (Lipinski definition) is 1. The molecule has 1 aliphatic heterocycles. The minimum absolute atomic E-state index is 0.0938. The van der Waals surface area contributed by atoms with Crippen molar-refractivity contribution < 1.29 is 22.7 Å². The van der Waals surface area contributed by atoms with Crippen LogP contribution in [0.2, 0.25) is 5.02 Å². The number of carbonyl (C=O) groups is 2. The molecule has 0 aromatic heterocycles. The normalized spacial score (nSPS) is 16.8. The quantitative estimate of drug-likeness (QED) is 0.666. The Morgan fingerprint density at radius 2 is 1.67 bits per heavy atom. The van der Waals surface area contributed by atoms with Crippen molar-refractivity contribution in [1.82, 2.24) is 9.21 Å². The number of hydrogen-bond acceptors (Lipinski definition) is 5. The highest BCUT2D eigenvalue weighted by atomic mass is 35.5. The third-order valence-electron chi connectivity index (χ3n) is 6.11. The molecule has 1 saturated heterocycles. The Hall–Kier alpha value is -2.62. The summed E-state index contributed by atoms with van der Waals surface area (Å²) >= 11 is 5.88. The van der Waals surface area contributed by atoms with E-state index in [0.717, 1.165) is 31.2 Å². The van der Waals surface area contributed by atoms with Gasteiger partial charge in [0.2, 0.25) is 10.0 Å². The summed E-state index contributed by atoms with van der Waals surface area (Å²) in [5.41, 5.74) is 7.78. The number of aryl methyl sites for hydroxylation is 2. The summed E-state index contributed by atoms with van der Waals surface area (Å²) in [5.74, 6) is -0.832. The number of nitrogens with two attached hydrogens (primary N) is 1. The second-order valence-electron chi connectivity index (χ2n) is 8.22. The van der Waals surface area contributed by atoms with Gasteiger partial charge in [-0.2, -0.15) is 4.31 Å². The predicted octanol–water partition coefficient (Wildman–Crippen LogP) is 2.23. The Morgan fingerprint density at radius 1 is 0.970 bits per heavy atom. The lowest BCUT2D eigenvalue weighted by Crippen LogP contribution is -2.51. The highest BCUT2D eigenvalue weighted by Gasteiger charge is 2.31. The molecule has 1 aliphatic carbocycles. The van der Waals surface area contributed by atoms with Gasteiger partial charge in [-0.25, -0.2) is 8.42 Å². The molecule has 4 rings (SSSR count). The van der Waals surface area contributed by atoms with Crippen LogP contribution in [-0.2, 0) is 27.7 Å². The lowest BCUT2D eigenvalue weighted by atomic mass is 9.92. The lowest BCUT2D eigenvalue weighted by molar-refractivity contribution is -0.134. The third kappa shape index (κ3) is 5.15. The van der Waals surface area contributed by atoms with Crippen molar-refractivity contribution >= 4 is 33.4 Å². The summed E-state index contributed by atoms with van der Waals surface area (Å²) in [5, 5.41) is 0.332. The van der Waals surface area contributed by atoms with Crippen LogP contribution in [0.5, 0.6) is 5.75 Å². The highest BCUT2D eigenvalue weighted by Crippen LogP contribution is 2.26. The number of rotatable bonds is 6. The van der Waals surface area contributed by atoms with Crippen LogP contribution in [0.4, 0.5) is 0 Å². The van der Waals surface area contributed by atoms with E-state index in [1.54, 1.807) is 17.0 Å². The van der Waals surface area contributed by atoms with Gasteiger partial charge in [0.15, 0.2) is 6.61 Å². The van der Waals surface area contributed by atoms with Gasteiger partial charge >= 0.3 is 0 Å². The molecule has 0 radical (unpaired) electrons. The summed E-state index contributed by atoms with van der Waals surface area (Å²) in [6, 6.07) is 9.82. The van der Waals surface area contributed by atoms with Gasteiger partial charge in [-0.3, -0.25) is 9.59 Å². The van der Waals surface area contributed by atoms with Gasteiger partial charge < -0.3 is 15.4 Å². The zero-order valence-electron chi connectivity index (χ0n) is 18.1. The number of fused-ring (bicyclic) bond motifs is 1. The second-order valence-corrected chi connectivity index (χ2v) is 10.6. The van der Waals surface area contributed by atoms with E-state index in [0.29, 0.717) is 9.92 Å². The second kappa shape index (κ2) is 9.70. The molecule has 0 atom stereocenters. The Balaban J connectivity index is 1.36. The van der Waals surface area contributed by atoms with Gasteiger partial charge in [-0.15, -0.1) is 0 Å². The SMILES string of the molecule is NC(=O)c1cc(Cl)ccc1OCC(=O)N1CCN(S(=O)(=O)c2ccc3c(c2)CCCC3)CC1. The van der Waals surface area contributed by atoms with E-state index in [4.69, 9.17) is 22.1 Å². The third-order valence-corrected chi connectivity index (χ3v) is 8.24. The zero-order valence-corrected chi connectivity index (χ0v) is 19.7. The molecule has 8 nitrogen and oxygen atoms in total. The maximum Gasteiger partial charge on any atom is 0.260 e. The van der Waals surface area contributed by atoms with Crippen LogP contribution in [0.15, 0.2) is 41.3 Å². The molecule has 0 unspecified atom stereocenters. The van der Waals surface area contributed by atoms with E-state index >= 15 is 0 Å². The van der Waals surface area contributed by atoms with E-state index in [1.807, 2.05) is 6.07 Å². The summed E-state index contributed by atoms with van der Waals surface area (Å²) in [6.45, 7) is 0.641. The topological polar surface area (TPSA) is 110 Å². The maximum atomic E-state index is 13.1. The highest BCUT2D eigenvalue weighted by molar-refractivity contribution is 7.89. The van der Waals surface area contributed by atoms with Gasteiger partial charge in [-0.1, -0.05) is 17.7 Å². The first-order valence-corrected chi connectivity index (χ1v) is 12.7. The molecule has 1 heterocycles. The Morgan fingerprint density at radius 3 is 2.36 bits per heavy atom. The van der Waals surface area contributed by atoms with Gasteiger partial charge in [0.25, 0.3) is 11.8 Å². The van der Waals surface area contributed by atoms with Crippen molar-refractivity contribution in [1.29, 1.82) is 0 Å². The molecule has 2 aliphatic rings. The van der Waals surface area contributed by atoms with Gasteiger partial charge in [0.05, 0.1) is 10.5 Å². The minimum atomic E-state index is -3.62. The number of carbonyl (C=O) groups excluding carboxylic acids is 2. The molecule has 2 aromatic carbocycles. The van der Waals surface area contributed by atoms with E-state index < -0.39 is 15.9 Å². The summed E-state index contributed by atoms with van der Waals surface area (Å²) in [4.78, 5) is 26.0. The smallest absolute Gasteiger partial charge is 0.260 e. The fourth-order valence-electron chi connectivity index (χ4n) is 4.25.